The van der Waals surface area contributed by atoms with Crippen LogP contribution in [-0.4, -0.2) is 10.2 Å². The number of anilines is 1. The van der Waals surface area contributed by atoms with Crippen LogP contribution in [0.5, 0.6) is 0 Å². The molecular formula is C20H16FN3S. The van der Waals surface area contributed by atoms with Gasteiger partial charge in [0.2, 0.25) is 0 Å². The lowest BCUT2D eigenvalue weighted by atomic mass is 10.1. The van der Waals surface area contributed by atoms with Crippen LogP contribution < -0.4 is 4.72 Å². The first-order valence-electron chi connectivity index (χ1n) is 7.93. The van der Waals surface area contributed by atoms with E-state index in [1.807, 2.05) is 24.3 Å². The average Bonchev–Trinajstić information content (AvgIpc) is 3.04. The third-order valence-electron chi connectivity index (χ3n) is 3.97. The van der Waals surface area contributed by atoms with Gasteiger partial charge >= 0.3 is 0 Å². The summed E-state index contributed by atoms with van der Waals surface area (Å²) >= 11 is 1.56. The summed E-state index contributed by atoms with van der Waals surface area (Å²) in [6.45, 7) is 2.07. The number of nitrogens with zero attached hydrogens (tertiary/aromatic N) is 1. The Bertz CT molecular complexity index is 1020. The van der Waals surface area contributed by atoms with Gasteiger partial charge in [0.05, 0.1) is 5.52 Å². The van der Waals surface area contributed by atoms with Crippen molar-refractivity contribution in [2.75, 3.05) is 4.72 Å². The van der Waals surface area contributed by atoms with E-state index in [9.17, 15) is 4.39 Å². The van der Waals surface area contributed by atoms with Crippen molar-refractivity contribution in [3.8, 4) is 11.3 Å². The molecule has 1 heterocycles. The number of halogens is 1. The Morgan fingerprint density at radius 3 is 2.64 bits per heavy atom. The van der Waals surface area contributed by atoms with Crippen LogP contribution in [0.15, 0.2) is 71.6 Å². The molecule has 2 N–H and O–H groups in total. The van der Waals surface area contributed by atoms with Crippen LogP contribution in [0.2, 0.25) is 0 Å². The van der Waals surface area contributed by atoms with Crippen LogP contribution in [0.25, 0.3) is 22.2 Å². The molecule has 0 aliphatic carbocycles. The first kappa shape index (κ1) is 15.7. The number of hydrogen-bond acceptors (Lipinski definition) is 3. The van der Waals surface area contributed by atoms with Gasteiger partial charge in [0, 0.05) is 21.5 Å². The van der Waals surface area contributed by atoms with Crippen LogP contribution in [0.1, 0.15) is 5.56 Å². The topological polar surface area (TPSA) is 40.7 Å². The summed E-state index contributed by atoms with van der Waals surface area (Å²) < 4.78 is 16.9. The fourth-order valence-corrected chi connectivity index (χ4v) is 3.29. The second kappa shape index (κ2) is 6.61. The number of aromatic nitrogens is 2. The van der Waals surface area contributed by atoms with Crippen molar-refractivity contribution in [1.29, 1.82) is 0 Å². The molecule has 3 aromatic carbocycles. The second-order valence-corrected chi connectivity index (χ2v) is 6.74. The van der Waals surface area contributed by atoms with Gasteiger partial charge in [0.15, 0.2) is 0 Å². The van der Waals surface area contributed by atoms with Crippen molar-refractivity contribution >= 4 is 28.5 Å². The lowest BCUT2D eigenvalue weighted by Gasteiger charge is -2.06. The van der Waals surface area contributed by atoms with Crippen LogP contribution in [-0.2, 0) is 0 Å². The Kier molecular flexibility index (Phi) is 4.15. The van der Waals surface area contributed by atoms with Gasteiger partial charge in [-0.2, -0.15) is 5.10 Å². The molecule has 0 aliphatic heterocycles. The van der Waals surface area contributed by atoms with Crippen molar-refractivity contribution in [2.24, 2.45) is 0 Å². The Balaban J connectivity index is 1.63. The highest BCUT2D eigenvalue weighted by molar-refractivity contribution is 8.00. The highest BCUT2D eigenvalue weighted by Crippen LogP contribution is 2.30. The zero-order valence-electron chi connectivity index (χ0n) is 13.6. The molecule has 0 atom stereocenters. The predicted molar refractivity (Wildman–Crippen MR) is 102 cm³/mol. The number of rotatable bonds is 4. The van der Waals surface area contributed by atoms with Crippen molar-refractivity contribution in [2.45, 2.75) is 11.8 Å². The van der Waals surface area contributed by atoms with Crippen LogP contribution >= 0.6 is 11.9 Å². The van der Waals surface area contributed by atoms with E-state index in [-0.39, 0.29) is 5.82 Å². The van der Waals surface area contributed by atoms with E-state index < -0.39 is 0 Å². The van der Waals surface area contributed by atoms with Gasteiger partial charge in [-0.05, 0) is 61.3 Å². The molecule has 0 radical (unpaired) electrons. The van der Waals surface area contributed by atoms with Gasteiger partial charge in [0.1, 0.15) is 11.5 Å². The second-order valence-electron chi connectivity index (χ2n) is 5.86. The van der Waals surface area contributed by atoms with E-state index in [4.69, 9.17) is 0 Å². The Morgan fingerprint density at radius 1 is 1.00 bits per heavy atom. The molecule has 1 aromatic heterocycles. The zero-order valence-corrected chi connectivity index (χ0v) is 14.4. The van der Waals surface area contributed by atoms with E-state index in [1.54, 1.807) is 18.0 Å². The van der Waals surface area contributed by atoms with Crippen molar-refractivity contribution in [1.82, 2.24) is 10.2 Å². The molecule has 5 heteroatoms. The number of fused-ring (bicyclic) bond motifs is 1. The molecule has 0 saturated heterocycles. The lowest BCUT2D eigenvalue weighted by molar-refractivity contribution is 0.628. The Labute approximate surface area is 149 Å². The number of nitrogens with one attached hydrogen (secondary N) is 2. The summed E-state index contributed by atoms with van der Waals surface area (Å²) in [7, 11) is 0. The van der Waals surface area contributed by atoms with Crippen LogP contribution in [0.4, 0.5) is 10.1 Å². The van der Waals surface area contributed by atoms with Gasteiger partial charge < -0.3 is 4.72 Å². The number of H-pyrrole nitrogens is 1. The maximum absolute atomic E-state index is 13.5. The van der Waals surface area contributed by atoms with Crippen molar-refractivity contribution in [3.63, 3.8) is 0 Å². The van der Waals surface area contributed by atoms with Crippen LogP contribution in [0, 0.1) is 12.7 Å². The number of aromatic amines is 1. The Morgan fingerprint density at radius 2 is 1.84 bits per heavy atom. The number of aryl methyl sites for hydroxylation is 1. The third-order valence-corrected chi connectivity index (χ3v) is 4.81. The molecule has 0 amide bonds. The first-order chi connectivity index (χ1) is 12.2. The monoisotopic (exact) mass is 349 g/mol. The molecule has 0 saturated carbocycles. The summed E-state index contributed by atoms with van der Waals surface area (Å²) in [6.07, 6.45) is 0. The molecule has 0 spiro atoms. The quantitative estimate of drug-likeness (QED) is 0.458. The Hall–Kier alpha value is -2.79. The molecule has 0 unspecified atom stereocenters. The SMILES string of the molecule is Cc1ccc(SNc2ccc3[nH]nc(-c4cccc(F)c4)c3c2)cc1. The van der Waals surface area contributed by atoms with Crippen molar-refractivity contribution < 1.29 is 4.39 Å². The van der Waals surface area contributed by atoms with E-state index in [1.165, 1.54) is 17.7 Å². The molecular weight excluding hydrogens is 333 g/mol. The van der Waals surface area contributed by atoms with Crippen LogP contribution in [0.3, 0.4) is 0 Å². The number of benzene rings is 3. The summed E-state index contributed by atoms with van der Waals surface area (Å²) in [4.78, 5) is 1.14. The van der Waals surface area contributed by atoms with Gasteiger partial charge in [-0.1, -0.05) is 29.8 Å². The molecule has 124 valence electrons. The van der Waals surface area contributed by atoms with E-state index in [0.29, 0.717) is 0 Å². The normalized spacial score (nSPS) is 11.0. The highest BCUT2D eigenvalue weighted by atomic mass is 32.2. The molecule has 3 nitrogen and oxygen atoms in total. The summed E-state index contributed by atoms with van der Waals surface area (Å²) in [5, 5.41) is 8.31. The summed E-state index contributed by atoms with van der Waals surface area (Å²) in [5.74, 6) is -0.266. The molecule has 25 heavy (non-hydrogen) atoms. The fraction of sp³-hybridized carbons (Fsp3) is 0.0500. The van der Waals surface area contributed by atoms with Gasteiger partial charge in [0.25, 0.3) is 0 Å². The van der Waals surface area contributed by atoms with E-state index in [0.717, 1.165) is 32.7 Å². The fourth-order valence-electron chi connectivity index (χ4n) is 2.66. The van der Waals surface area contributed by atoms with E-state index >= 15 is 0 Å². The standard InChI is InChI=1S/C20H16FN3S/c1-13-5-8-17(9-6-13)25-24-16-7-10-19-18(12-16)20(23-22-19)14-3-2-4-15(21)11-14/h2-12,24H,1H3,(H,22,23). The van der Waals surface area contributed by atoms with Crippen molar-refractivity contribution in [3.05, 3.63) is 78.1 Å². The van der Waals surface area contributed by atoms with Gasteiger partial charge in [-0.3, -0.25) is 5.10 Å². The smallest absolute Gasteiger partial charge is 0.123 e. The average molecular weight is 349 g/mol. The van der Waals surface area contributed by atoms with Gasteiger partial charge in [-0.15, -0.1) is 0 Å². The third kappa shape index (κ3) is 3.37. The van der Waals surface area contributed by atoms with Gasteiger partial charge in [-0.25, -0.2) is 4.39 Å². The molecule has 4 aromatic rings. The summed E-state index contributed by atoms with van der Waals surface area (Å²) in [5.41, 5.74) is 4.64. The van der Waals surface area contributed by atoms with E-state index in [2.05, 4.69) is 46.1 Å². The minimum Gasteiger partial charge on any atom is -0.326 e. The maximum Gasteiger partial charge on any atom is 0.123 e. The molecule has 4 rings (SSSR count). The zero-order chi connectivity index (χ0) is 17.2. The highest BCUT2D eigenvalue weighted by Gasteiger charge is 2.09. The predicted octanol–water partition coefficient (Wildman–Crippen LogP) is 5.80. The first-order valence-corrected chi connectivity index (χ1v) is 8.74. The molecule has 0 bridgehead atoms. The maximum atomic E-state index is 13.5. The largest absolute Gasteiger partial charge is 0.326 e. The minimum atomic E-state index is -0.266. The summed E-state index contributed by atoms with van der Waals surface area (Å²) in [6, 6.07) is 20.8. The lowest BCUT2D eigenvalue weighted by Crippen LogP contribution is -1.87. The molecule has 0 aliphatic rings. The minimum absolute atomic E-state index is 0.266. The number of hydrogen-bond donors (Lipinski definition) is 2. The molecule has 0 fully saturated rings.